The van der Waals surface area contributed by atoms with E-state index in [1.165, 1.54) is 5.56 Å². The van der Waals surface area contributed by atoms with E-state index >= 15 is 0 Å². The number of nitrogens with two attached hydrogens (primary N) is 1. The molecule has 2 aromatic carbocycles. The molecule has 0 radical (unpaired) electrons. The van der Waals surface area contributed by atoms with Crippen molar-refractivity contribution in [3.63, 3.8) is 0 Å². The van der Waals surface area contributed by atoms with Crippen molar-refractivity contribution in [1.82, 2.24) is 15.5 Å². The van der Waals surface area contributed by atoms with Crippen LogP contribution in [0.3, 0.4) is 0 Å². The molecule has 204 valence electrons. The van der Waals surface area contributed by atoms with Gasteiger partial charge in [-0.15, -0.1) is 0 Å². The van der Waals surface area contributed by atoms with Gasteiger partial charge in [0.05, 0.1) is 5.54 Å². The summed E-state index contributed by atoms with van der Waals surface area (Å²) in [5.74, 6) is -0.128. The number of nitrogens with zero attached hydrogens (tertiary/aromatic N) is 1. The summed E-state index contributed by atoms with van der Waals surface area (Å²) in [5, 5.41) is 5.91. The van der Waals surface area contributed by atoms with E-state index < -0.39 is 11.6 Å². The van der Waals surface area contributed by atoms with Crippen molar-refractivity contribution in [3.8, 4) is 0 Å². The van der Waals surface area contributed by atoms with Crippen LogP contribution in [0.1, 0.15) is 86.7 Å². The summed E-state index contributed by atoms with van der Waals surface area (Å²) in [7, 11) is 0. The molecule has 38 heavy (non-hydrogen) atoms. The van der Waals surface area contributed by atoms with Gasteiger partial charge in [0.2, 0.25) is 11.8 Å². The molecule has 0 spiro atoms. The minimum absolute atomic E-state index is 0.00128. The Morgan fingerprint density at radius 3 is 2.26 bits per heavy atom. The van der Waals surface area contributed by atoms with Crippen LogP contribution in [0.4, 0.5) is 0 Å². The van der Waals surface area contributed by atoms with Crippen molar-refractivity contribution < 1.29 is 14.4 Å². The Morgan fingerprint density at radius 1 is 1.00 bits per heavy atom. The van der Waals surface area contributed by atoms with Gasteiger partial charge in [-0.05, 0) is 88.8 Å². The van der Waals surface area contributed by atoms with Gasteiger partial charge in [0, 0.05) is 24.2 Å². The highest BCUT2D eigenvalue weighted by Crippen LogP contribution is 2.44. The third-order valence-corrected chi connectivity index (χ3v) is 7.96. The number of nitrogens with one attached hydrogen (secondary N) is 2. The predicted molar refractivity (Wildman–Crippen MR) is 150 cm³/mol. The first-order valence-electron chi connectivity index (χ1n) is 14.0. The maximum Gasteiger partial charge on any atom is 0.251 e. The number of aryl methyl sites for hydroxylation is 1. The zero-order valence-corrected chi connectivity index (χ0v) is 22.9. The highest BCUT2D eigenvalue weighted by Gasteiger charge is 2.46. The topological polar surface area (TPSA) is 105 Å². The molecule has 4 rings (SSSR count). The van der Waals surface area contributed by atoms with E-state index in [1.807, 2.05) is 48.2 Å². The quantitative estimate of drug-likeness (QED) is 0.443. The Kier molecular flexibility index (Phi) is 8.87. The standard InChI is InChI=1S/C31H42N4O3/c1-4-33-28(36)26-15-9-8-14-25(26)22-19-23-17-18-24(20-22)35(23)29(37)27(34-30(38)31(2,3)32)16-10-13-21-11-6-5-7-12-21/h5-9,11-12,14-15,22-24,27H,4,10,13,16-20,32H2,1-3H3,(H,33,36)(H,34,38)/t22?,23?,24?,27-/m1/s1. The predicted octanol–water partition coefficient (Wildman–Crippen LogP) is 3.92. The van der Waals surface area contributed by atoms with Crippen LogP contribution in [0.15, 0.2) is 54.6 Å². The minimum Gasteiger partial charge on any atom is -0.352 e. The summed E-state index contributed by atoms with van der Waals surface area (Å²) in [4.78, 5) is 41.5. The second-order valence-corrected chi connectivity index (χ2v) is 11.4. The van der Waals surface area contributed by atoms with E-state index in [9.17, 15) is 14.4 Å². The Bertz CT molecular complexity index is 1110. The highest BCUT2D eigenvalue weighted by molar-refractivity contribution is 5.96. The van der Waals surface area contributed by atoms with Crippen LogP contribution in [0.2, 0.25) is 0 Å². The second kappa shape index (κ2) is 12.1. The molecule has 2 bridgehead atoms. The lowest BCUT2D eigenvalue weighted by atomic mass is 9.82. The highest BCUT2D eigenvalue weighted by atomic mass is 16.2. The summed E-state index contributed by atoms with van der Waals surface area (Å²) in [6.45, 7) is 5.83. The molecule has 4 N–H and O–H groups in total. The molecule has 7 nitrogen and oxygen atoms in total. The van der Waals surface area contributed by atoms with Gasteiger partial charge >= 0.3 is 0 Å². The maximum absolute atomic E-state index is 14.0. The van der Waals surface area contributed by atoms with Crippen LogP contribution in [0.25, 0.3) is 0 Å². The smallest absolute Gasteiger partial charge is 0.251 e. The van der Waals surface area contributed by atoms with E-state index in [4.69, 9.17) is 5.73 Å². The van der Waals surface area contributed by atoms with Crippen LogP contribution in [-0.4, -0.2) is 52.8 Å². The van der Waals surface area contributed by atoms with Crippen molar-refractivity contribution >= 4 is 17.7 Å². The molecule has 7 heteroatoms. The maximum atomic E-state index is 14.0. The van der Waals surface area contributed by atoms with Gasteiger partial charge in [0.25, 0.3) is 5.91 Å². The van der Waals surface area contributed by atoms with E-state index in [0.29, 0.717) is 13.0 Å². The molecular weight excluding hydrogens is 476 g/mol. The van der Waals surface area contributed by atoms with Gasteiger partial charge < -0.3 is 21.3 Å². The van der Waals surface area contributed by atoms with Crippen LogP contribution < -0.4 is 16.4 Å². The van der Waals surface area contributed by atoms with Crippen molar-refractivity contribution in [2.24, 2.45) is 5.73 Å². The van der Waals surface area contributed by atoms with Gasteiger partial charge in [-0.3, -0.25) is 14.4 Å². The van der Waals surface area contributed by atoms with Gasteiger partial charge in [0.1, 0.15) is 6.04 Å². The van der Waals surface area contributed by atoms with Crippen molar-refractivity contribution in [2.45, 2.75) is 95.3 Å². The summed E-state index contributed by atoms with van der Waals surface area (Å²) in [6.07, 6.45) is 5.74. The zero-order chi connectivity index (χ0) is 27.3. The normalized spacial score (nSPS) is 21.6. The lowest BCUT2D eigenvalue weighted by Gasteiger charge is -2.41. The zero-order valence-electron chi connectivity index (χ0n) is 22.9. The Morgan fingerprint density at radius 2 is 1.63 bits per heavy atom. The Hall–Kier alpha value is -3.19. The fraction of sp³-hybridized carbons (Fsp3) is 0.516. The largest absolute Gasteiger partial charge is 0.352 e. The molecule has 3 amide bonds. The average molecular weight is 519 g/mol. The molecule has 2 fully saturated rings. The fourth-order valence-corrected chi connectivity index (χ4v) is 6.04. The summed E-state index contributed by atoms with van der Waals surface area (Å²) >= 11 is 0. The number of carbonyl (C=O) groups excluding carboxylic acids is 3. The molecule has 2 aliphatic heterocycles. The van der Waals surface area contributed by atoms with Crippen molar-refractivity contribution in [1.29, 1.82) is 0 Å². The first kappa shape index (κ1) is 27.8. The molecule has 3 atom stereocenters. The van der Waals surface area contributed by atoms with E-state index in [0.717, 1.165) is 49.7 Å². The minimum atomic E-state index is -1.06. The van der Waals surface area contributed by atoms with Gasteiger partial charge in [-0.1, -0.05) is 48.5 Å². The van der Waals surface area contributed by atoms with Crippen LogP contribution in [0.5, 0.6) is 0 Å². The molecule has 2 saturated heterocycles. The van der Waals surface area contributed by atoms with E-state index in [2.05, 4.69) is 28.8 Å². The molecule has 2 heterocycles. The van der Waals surface area contributed by atoms with Gasteiger partial charge in [-0.2, -0.15) is 0 Å². The van der Waals surface area contributed by atoms with Crippen LogP contribution >= 0.6 is 0 Å². The number of piperidine rings is 1. The molecule has 2 aromatic rings. The number of rotatable bonds is 10. The molecule has 0 aliphatic carbocycles. The van der Waals surface area contributed by atoms with Crippen molar-refractivity contribution in [2.75, 3.05) is 6.54 Å². The number of hydrogen-bond donors (Lipinski definition) is 3. The van der Waals surface area contributed by atoms with Crippen LogP contribution in [0, 0.1) is 0 Å². The fourth-order valence-electron chi connectivity index (χ4n) is 6.04. The third-order valence-electron chi connectivity index (χ3n) is 7.96. The van der Waals surface area contributed by atoms with E-state index in [-0.39, 0.29) is 35.7 Å². The third kappa shape index (κ3) is 6.44. The average Bonchev–Trinajstić information content (AvgIpc) is 3.16. The van der Waals surface area contributed by atoms with E-state index in [1.54, 1.807) is 13.8 Å². The summed E-state index contributed by atoms with van der Waals surface area (Å²) in [6, 6.07) is 17.7. The number of carbonyl (C=O) groups is 3. The van der Waals surface area contributed by atoms with Gasteiger partial charge in [-0.25, -0.2) is 0 Å². The lowest BCUT2D eigenvalue weighted by Crippen LogP contribution is -2.58. The first-order valence-corrected chi connectivity index (χ1v) is 14.0. The molecule has 2 unspecified atom stereocenters. The number of benzene rings is 2. The molecule has 2 aliphatic rings. The summed E-state index contributed by atoms with van der Waals surface area (Å²) < 4.78 is 0. The first-order chi connectivity index (χ1) is 18.2. The Balaban J connectivity index is 1.49. The molecule has 0 aromatic heterocycles. The monoisotopic (exact) mass is 518 g/mol. The second-order valence-electron chi connectivity index (χ2n) is 11.4. The van der Waals surface area contributed by atoms with Crippen molar-refractivity contribution in [3.05, 3.63) is 71.3 Å². The number of amides is 3. The number of hydrogen-bond acceptors (Lipinski definition) is 4. The number of fused-ring (bicyclic) bond motifs is 2. The SMILES string of the molecule is CCNC(=O)c1ccccc1C1CC2CCC(C1)N2C(=O)[C@@H](CCCc1ccccc1)NC(=O)C(C)(C)N. The summed E-state index contributed by atoms with van der Waals surface area (Å²) in [5.41, 5.74) is 8.02. The van der Waals surface area contributed by atoms with Gasteiger partial charge in [0.15, 0.2) is 0 Å². The molecule has 0 saturated carbocycles. The lowest BCUT2D eigenvalue weighted by molar-refractivity contribution is -0.141. The molecular formula is C31H42N4O3. The van der Waals surface area contributed by atoms with Crippen LogP contribution in [-0.2, 0) is 16.0 Å². The Labute approximate surface area is 226 Å².